The maximum atomic E-state index is 15.3. The zero-order chi connectivity index (χ0) is 25.1. The van der Waals surface area contributed by atoms with E-state index in [-0.39, 0.29) is 23.6 Å². The van der Waals surface area contributed by atoms with Crippen LogP contribution in [-0.4, -0.2) is 82.1 Å². The molecule has 5 rings (SSSR count). The van der Waals surface area contributed by atoms with E-state index in [1.54, 1.807) is 6.07 Å². The van der Waals surface area contributed by atoms with Gasteiger partial charge in [0.25, 0.3) is 5.56 Å². The number of benzene rings is 1. The summed E-state index contributed by atoms with van der Waals surface area (Å²) in [5, 5.41) is 0.545. The second kappa shape index (κ2) is 8.24. The van der Waals surface area contributed by atoms with Crippen LogP contribution in [-0.2, 0) is 0 Å². The van der Waals surface area contributed by atoms with Crippen LogP contribution in [0.2, 0.25) is 0 Å². The zero-order valence-electron chi connectivity index (χ0n) is 19.3. The fraction of sp³-hybridized carbons (Fsp3) is 0.409. The first-order valence-corrected chi connectivity index (χ1v) is 11.1. The molecule has 1 aromatic carbocycles. The molecule has 0 spiro atoms. The Bertz CT molecular complexity index is 1370. The highest BCUT2D eigenvalue weighted by molar-refractivity contribution is 6.53. The summed E-state index contributed by atoms with van der Waals surface area (Å²) in [6, 6.07) is 5.96. The highest BCUT2D eigenvalue weighted by atomic mass is 19.1. The Morgan fingerprint density at radius 3 is 2.51 bits per heavy atom. The predicted molar refractivity (Wildman–Crippen MR) is 131 cm³/mol. The van der Waals surface area contributed by atoms with Gasteiger partial charge in [-0.25, -0.2) is 9.37 Å². The van der Waals surface area contributed by atoms with Crippen LogP contribution in [0.1, 0.15) is 17.5 Å². The molecule has 4 heterocycles. The van der Waals surface area contributed by atoms with E-state index in [1.807, 2.05) is 18.7 Å². The first-order valence-electron chi connectivity index (χ1n) is 11.1. The molecule has 170 valence electrons. The number of nitrogens with zero attached hydrogens (tertiary/aromatic N) is 4. The second-order valence-corrected chi connectivity index (χ2v) is 8.90. The van der Waals surface area contributed by atoms with Gasteiger partial charge < -0.3 is 19.1 Å². The standard InChI is InChI=1S/C22H19B4FN4O4/c1-11-12(2)20(29-31-18(32)5-7-28-19(11)31)30-8-6-15(14(27)10-30)33-13-3-4-16-17(9-13)35-22(25,26)21(23,24)34-16/h3-5,7,9,14-15H,6,8,10H2,1-2H3/t14-,15-/m1/s1. The summed E-state index contributed by atoms with van der Waals surface area (Å²) in [7, 11) is 23.1. The van der Waals surface area contributed by atoms with Crippen molar-refractivity contribution in [3.05, 3.63) is 51.9 Å². The van der Waals surface area contributed by atoms with Crippen LogP contribution in [0.25, 0.3) is 5.65 Å². The molecule has 8 nitrogen and oxygen atoms in total. The molecule has 8 radical (unpaired) electrons. The van der Waals surface area contributed by atoms with E-state index < -0.39 is 23.1 Å². The molecule has 2 aromatic heterocycles. The third-order valence-corrected chi connectivity index (χ3v) is 6.40. The number of hydrogen-bond donors (Lipinski definition) is 0. The maximum absolute atomic E-state index is 15.3. The number of aromatic nitrogens is 3. The number of fused-ring (bicyclic) bond motifs is 2. The number of halogens is 1. The van der Waals surface area contributed by atoms with E-state index in [0.29, 0.717) is 30.2 Å². The number of anilines is 1. The first-order chi connectivity index (χ1) is 16.5. The Balaban J connectivity index is 1.33. The summed E-state index contributed by atoms with van der Waals surface area (Å²) in [4.78, 5) is 18.3. The average molecular weight is 466 g/mol. The smallest absolute Gasteiger partial charge is 0.274 e. The van der Waals surface area contributed by atoms with Crippen LogP contribution in [0.4, 0.5) is 10.2 Å². The number of piperidine rings is 1. The van der Waals surface area contributed by atoms with Gasteiger partial charge in [-0.2, -0.15) is 4.52 Å². The monoisotopic (exact) mass is 466 g/mol. The van der Waals surface area contributed by atoms with Crippen LogP contribution >= 0.6 is 0 Å². The summed E-state index contributed by atoms with van der Waals surface area (Å²) in [6.45, 7) is 4.26. The van der Waals surface area contributed by atoms with Crippen molar-refractivity contribution in [2.75, 3.05) is 18.0 Å². The van der Waals surface area contributed by atoms with Crippen LogP contribution in [0.15, 0.2) is 35.3 Å². The lowest BCUT2D eigenvalue weighted by molar-refractivity contribution is 0.0587. The molecule has 13 heteroatoms. The number of hydrogen-bond acceptors (Lipinski definition) is 7. The summed E-state index contributed by atoms with van der Waals surface area (Å²) in [5.41, 5.74) is 1.83. The molecule has 0 amide bonds. The van der Waals surface area contributed by atoms with Crippen molar-refractivity contribution in [1.82, 2.24) is 14.6 Å². The van der Waals surface area contributed by atoms with Gasteiger partial charge >= 0.3 is 0 Å². The Kier molecular flexibility index (Phi) is 5.56. The van der Waals surface area contributed by atoms with E-state index >= 15 is 4.39 Å². The van der Waals surface area contributed by atoms with Crippen molar-refractivity contribution in [2.24, 2.45) is 0 Å². The normalized spacial score (nSPS) is 22.7. The second-order valence-electron chi connectivity index (χ2n) is 8.90. The quantitative estimate of drug-likeness (QED) is 0.520. The molecule has 0 N–H and O–H groups in total. The van der Waals surface area contributed by atoms with Gasteiger partial charge in [-0.3, -0.25) is 4.79 Å². The minimum absolute atomic E-state index is 0.0423. The molecule has 0 saturated carbocycles. The molecule has 0 unspecified atom stereocenters. The van der Waals surface area contributed by atoms with Gasteiger partial charge in [0, 0.05) is 53.2 Å². The number of ether oxygens (including phenoxy) is 3. The molecule has 2 aliphatic heterocycles. The van der Waals surface area contributed by atoms with Crippen molar-refractivity contribution in [1.29, 1.82) is 0 Å². The van der Waals surface area contributed by atoms with Crippen molar-refractivity contribution in [3.8, 4) is 17.2 Å². The SMILES string of the molecule is [B]C1([B])Oc2ccc(O[C@@H]3CCN(c4nn5c(=O)ccnc5c(C)c4C)C[C@H]3F)cc2OC1([B])[B]. The summed E-state index contributed by atoms with van der Waals surface area (Å²) in [6.07, 6.45) is -0.220. The van der Waals surface area contributed by atoms with Gasteiger partial charge in [-0.05, 0) is 26.0 Å². The summed E-state index contributed by atoms with van der Waals surface area (Å²) < 4.78 is 33.3. The topological polar surface area (TPSA) is 78.2 Å². The van der Waals surface area contributed by atoms with Crippen LogP contribution < -0.4 is 24.7 Å². The lowest BCUT2D eigenvalue weighted by atomic mass is 9.41. The van der Waals surface area contributed by atoms with Crippen molar-refractivity contribution in [3.63, 3.8) is 0 Å². The largest absolute Gasteiger partial charge is 0.501 e. The van der Waals surface area contributed by atoms with E-state index in [2.05, 4.69) is 10.1 Å². The third-order valence-electron chi connectivity index (χ3n) is 6.40. The number of aryl methyl sites for hydroxylation is 1. The van der Waals surface area contributed by atoms with Crippen LogP contribution in [0, 0.1) is 13.8 Å². The maximum Gasteiger partial charge on any atom is 0.274 e. The molecule has 3 aromatic rings. The summed E-state index contributed by atoms with van der Waals surface area (Å²) >= 11 is 0. The Morgan fingerprint density at radius 1 is 1.09 bits per heavy atom. The van der Waals surface area contributed by atoms with Crippen molar-refractivity contribution < 1.29 is 18.6 Å². The molecule has 2 aliphatic rings. The molecule has 0 bridgehead atoms. The molecule has 35 heavy (non-hydrogen) atoms. The molecule has 0 aliphatic carbocycles. The van der Waals surface area contributed by atoms with Crippen molar-refractivity contribution >= 4 is 42.9 Å². The van der Waals surface area contributed by atoms with E-state index in [4.69, 9.17) is 45.6 Å². The van der Waals surface area contributed by atoms with Gasteiger partial charge in [0.15, 0.2) is 29.1 Å². The third kappa shape index (κ3) is 4.04. The van der Waals surface area contributed by atoms with E-state index in [9.17, 15) is 4.79 Å². The van der Waals surface area contributed by atoms with Gasteiger partial charge in [0.1, 0.15) is 43.2 Å². The predicted octanol–water partition coefficient (Wildman–Crippen LogP) is 0.455. The van der Waals surface area contributed by atoms with Gasteiger partial charge in [0.05, 0.1) is 6.54 Å². The van der Waals surface area contributed by atoms with Crippen LogP contribution in [0.3, 0.4) is 0 Å². The Labute approximate surface area is 206 Å². The average Bonchev–Trinajstić information content (AvgIpc) is 2.78. The highest BCUT2D eigenvalue weighted by Gasteiger charge is 2.43. The first kappa shape index (κ1) is 23.6. The Hall–Kier alpha value is -3.10. The van der Waals surface area contributed by atoms with Crippen molar-refractivity contribution in [2.45, 2.75) is 43.3 Å². The van der Waals surface area contributed by atoms with Gasteiger partial charge in [0.2, 0.25) is 0 Å². The fourth-order valence-electron chi connectivity index (χ4n) is 4.19. The molecule has 1 fully saturated rings. The lowest BCUT2D eigenvalue weighted by Crippen LogP contribution is -2.65. The number of rotatable bonds is 3. The van der Waals surface area contributed by atoms with Gasteiger partial charge in [-0.15, -0.1) is 5.10 Å². The lowest BCUT2D eigenvalue weighted by Gasteiger charge is -2.48. The Morgan fingerprint density at radius 2 is 1.80 bits per heavy atom. The van der Waals surface area contributed by atoms with Crippen LogP contribution in [0.5, 0.6) is 17.2 Å². The zero-order valence-corrected chi connectivity index (χ0v) is 19.3. The minimum Gasteiger partial charge on any atom is -0.501 e. The highest BCUT2D eigenvalue weighted by Crippen LogP contribution is 2.41. The molecule has 1 saturated heterocycles. The molecular formula is C22H19B4FN4O4. The minimum atomic E-state index is -1.98. The fourth-order valence-corrected chi connectivity index (χ4v) is 4.19. The van der Waals surface area contributed by atoms with E-state index in [0.717, 1.165) is 11.1 Å². The molecule has 2 atom stereocenters. The van der Waals surface area contributed by atoms with E-state index in [1.165, 1.54) is 28.9 Å². The summed E-state index contributed by atoms with van der Waals surface area (Å²) in [5.74, 6) is 1.30. The molecular weight excluding hydrogens is 447 g/mol. The van der Waals surface area contributed by atoms with Gasteiger partial charge in [-0.1, -0.05) is 0 Å². The number of alkyl halides is 1.